The molecular weight excluding hydrogens is 717 g/mol. The van der Waals surface area contributed by atoms with Gasteiger partial charge in [-0.15, -0.1) is 0 Å². The van der Waals surface area contributed by atoms with Gasteiger partial charge in [-0.3, -0.25) is 19.4 Å². The summed E-state index contributed by atoms with van der Waals surface area (Å²) < 4.78 is 21.4. The van der Waals surface area contributed by atoms with E-state index in [4.69, 9.17) is 18.9 Å². The van der Waals surface area contributed by atoms with E-state index in [-0.39, 0.29) is 17.6 Å². The van der Waals surface area contributed by atoms with E-state index in [2.05, 4.69) is 64.4 Å². The number of hydrogen-bond acceptors (Lipinski definition) is 8. The van der Waals surface area contributed by atoms with Crippen LogP contribution in [0.5, 0.6) is 23.0 Å². The monoisotopic (exact) mass is 776 g/mol. The maximum absolute atomic E-state index is 12.9. The van der Waals surface area contributed by atoms with Crippen LogP contribution in [0.1, 0.15) is 71.1 Å². The summed E-state index contributed by atoms with van der Waals surface area (Å²) in [7, 11) is 6.45. The third kappa shape index (κ3) is 11.4. The molecule has 2 fully saturated rings. The molecule has 0 bridgehead atoms. The lowest BCUT2D eigenvalue weighted by Gasteiger charge is -2.33. The predicted octanol–water partition coefficient (Wildman–Crippen LogP) is 8.61. The third-order valence-corrected chi connectivity index (χ3v) is 12.1. The molecule has 4 aromatic carbocycles. The minimum Gasteiger partial charge on any atom is -0.493 e. The zero-order chi connectivity index (χ0) is 40.1. The number of carboxylic acid groups (broad SMARTS) is 1. The van der Waals surface area contributed by atoms with E-state index in [0.29, 0.717) is 41.3 Å². The first-order valence-electron chi connectivity index (χ1n) is 20.5. The number of carboxylic acids is 1. The van der Waals surface area contributed by atoms with Crippen molar-refractivity contribution in [1.82, 2.24) is 9.80 Å². The zero-order valence-electron chi connectivity index (χ0n) is 34.2. The van der Waals surface area contributed by atoms with Crippen LogP contribution in [0.4, 0.5) is 0 Å². The largest absolute Gasteiger partial charge is 0.493 e. The summed E-state index contributed by atoms with van der Waals surface area (Å²) >= 11 is 0. The number of methoxy groups -OCH3 is 4. The molecule has 2 heterocycles. The fourth-order valence-electron chi connectivity index (χ4n) is 8.90. The number of carbonyl (C=O) groups is 2. The SMILES string of the molecule is COc1cc2c(cc1OC)C(=O)C(CC1CCN(Cc3ccccc3)CC1)C2.COc1ccc(CC(CC2CCN(Cc3ccccc3)CC2)C(=O)O)cc1OC. The highest BCUT2D eigenvalue weighted by atomic mass is 16.5. The average Bonchev–Trinajstić information content (AvgIpc) is 3.54. The van der Waals surface area contributed by atoms with Crippen LogP contribution in [0.15, 0.2) is 91.0 Å². The molecule has 4 aromatic rings. The molecule has 9 nitrogen and oxygen atoms in total. The molecule has 0 saturated carbocycles. The van der Waals surface area contributed by atoms with Crippen molar-refractivity contribution in [2.45, 2.75) is 64.5 Å². The molecule has 304 valence electrons. The highest BCUT2D eigenvalue weighted by Gasteiger charge is 2.34. The van der Waals surface area contributed by atoms with E-state index in [1.807, 2.05) is 36.4 Å². The van der Waals surface area contributed by atoms with E-state index in [1.54, 1.807) is 28.4 Å². The Bertz CT molecular complexity index is 1890. The second-order valence-electron chi connectivity index (χ2n) is 15.9. The topological polar surface area (TPSA) is 97.8 Å². The Morgan fingerprint density at radius 1 is 0.649 bits per heavy atom. The summed E-state index contributed by atoms with van der Waals surface area (Å²) in [5, 5.41) is 9.77. The van der Waals surface area contributed by atoms with Gasteiger partial charge < -0.3 is 24.1 Å². The van der Waals surface area contributed by atoms with Gasteiger partial charge in [0, 0.05) is 24.6 Å². The van der Waals surface area contributed by atoms with Gasteiger partial charge >= 0.3 is 5.97 Å². The zero-order valence-corrected chi connectivity index (χ0v) is 34.2. The Kier molecular flexibility index (Phi) is 15.0. The number of carbonyl (C=O) groups excluding carboxylic acids is 1. The Balaban J connectivity index is 0.000000193. The van der Waals surface area contributed by atoms with E-state index < -0.39 is 5.97 Å². The van der Waals surface area contributed by atoms with Crippen molar-refractivity contribution in [3.8, 4) is 23.0 Å². The standard InChI is InChI=1S/C24H31NO4.C24H29NO3/c1-28-22-9-8-20(16-23(22)29-2)15-21(24(26)27)14-18-10-12-25(13-11-18)17-19-6-4-3-5-7-19;1-27-22-14-19-13-20(24(26)21(19)15-23(22)28-2)12-17-8-10-25(11-9-17)16-18-6-4-3-5-7-18/h3-9,16,18,21H,10-15,17H2,1-2H3,(H,26,27);3-7,14-15,17,20H,8-13,16H2,1-2H3. The lowest BCUT2D eigenvalue weighted by Crippen LogP contribution is -2.34. The molecule has 0 aromatic heterocycles. The lowest BCUT2D eigenvalue weighted by atomic mass is 9.84. The highest BCUT2D eigenvalue weighted by Crippen LogP contribution is 2.40. The first-order valence-corrected chi connectivity index (χ1v) is 20.5. The van der Waals surface area contributed by atoms with Crippen LogP contribution >= 0.6 is 0 Å². The first-order chi connectivity index (χ1) is 27.8. The predicted molar refractivity (Wildman–Crippen MR) is 224 cm³/mol. The number of ether oxygens (including phenoxy) is 4. The quantitative estimate of drug-likeness (QED) is 0.127. The van der Waals surface area contributed by atoms with Gasteiger partial charge in [-0.25, -0.2) is 0 Å². The molecule has 2 aliphatic heterocycles. The van der Waals surface area contributed by atoms with Crippen LogP contribution in [0.3, 0.4) is 0 Å². The van der Waals surface area contributed by atoms with Crippen LogP contribution < -0.4 is 18.9 Å². The average molecular weight is 777 g/mol. The number of ketones is 1. The molecule has 3 aliphatic rings. The second-order valence-corrected chi connectivity index (χ2v) is 15.9. The van der Waals surface area contributed by atoms with Gasteiger partial charge in [-0.05, 0) is 136 Å². The van der Waals surface area contributed by atoms with Gasteiger partial charge in [0.2, 0.25) is 0 Å². The van der Waals surface area contributed by atoms with E-state index in [0.717, 1.165) is 88.1 Å². The van der Waals surface area contributed by atoms with Gasteiger partial charge in [0.15, 0.2) is 28.8 Å². The van der Waals surface area contributed by atoms with Gasteiger partial charge in [0.05, 0.1) is 34.4 Å². The van der Waals surface area contributed by atoms with Gasteiger partial charge in [0.1, 0.15) is 0 Å². The molecule has 9 heteroatoms. The summed E-state index contributed by atoms with van der Waals surface area (Å²) in [4.78, 5) is 29.8. The Morgan fingerprint density at radius 3 is 1.68 bits per heavy atom. The van der Waals surface area contributed by atoms with Crippen LogP contribution in [-0.4, -0.2) is 81.3 Å². The lowest BCUT2D eigenvalue weighted by molar-refractivity contribution is -0.142. The van der Waals surface area contributed by atoms with E-state index in [9.17, 15) is 14.7 Å². The number of aliphatic carboxylic acids is 1. The fraction of sp³-hybridized carbons (Fsp3) is 0.458. The van der Waals surface area contributed by atoms with E-state index >= 15 is 0 Å². The van der Waals surface area contributed by atoms with Gasteiger partial charge in [-0.1, -0.05) is 66.7 Å². The van der Waals surface area contributed by atoms with Crippen molar-refractivity contribution in [2.75, 3.05) is 54.6 Å². The molecule has 1 aliphatic carbocycles. The summed E-state index contributed by atoms with van der Waals surface area (Å²) in [6, 6.07) is 30.7. The summed E-state index contributed by atoms with van der Waals surface area (Å²) in [5.74, 6) is 3.05. The Labute approximate surface area is 338 Å². The van der Waals surface area contributed by atoms with Crippen LogP contribution in [0, 0.1) is 23.7 Å². The van der Waals surface area contributed by atoms with Crippen molar-refractivity contribution in [3.63, 3.8) is 0 Å². The third-order valence-electron chi connectivity index (χ3n) is 12.1. The molecule has 7 rings (SSSR count). The number of piperidine rings is 2. The summed E-state index contributed by atoms with van der Waals surface area (Å²) in [6.07, 6.45) is 7.54. The molecule has 0 radical (unpaired) electrons. The molecule has 0 spiro atoms. The number of nitrogens with zero attached hydrogens (tertiary/aromatic N) is 2. The Morgan fingerprint density at radius 2 is 1.16 bits per heavy atom. The summed E-state index contributed by atoms with van der Waals surface area (Å²) in [6.45, 7) is 6.30. The minimum atomic E-state index is -0.716. The molecule has 0 amide bonds. The highest BCUT2D eigenvalue weighted by molar-refractivity contribution is 6.02. The number of Topliss-reactive ketones (excluding diaryl/α,β-unsaturated/α-hetero) is 1. The summed E-state index contributed by atoms with van der Waals surface area (Å²) in [5.41, 5.74) is 5.61. The minimum absolute atomic E-state index is 0.109. The molecular formula is C48H60N2O7. The maximum atomic E-state index is 12.9. The van der Waals surface area contributed by atoms with Gasteiger partial charge in [0.25, 0.3) is 0 Å². The number of hydrogen-bond donors (Lipinski definition) is 1. The second kappa shape index (κ2) is 20.5. The van der Waals surface area contributed by atoms with Crippen molar-refractivity contribution < 1.29 is 33.6 Å². The van der Waals surface area contributed by atoms with Crippen LogP contribution in [-0.2, 0) is 30.7 Å². The molecule has 2 unspecified atom stereocenters. The van der Waals surface area contributed by atoms with Crippen LogP contribution in [0.25, 0.3) is 0 Å². The van der Waals surface area contributed by atoms with Crippen molar-refractivity contribution in [2.24, 2.45) is 23.7 Å². The molecule has 57 heavy (non-hydrogen) atoms. The van der Waals surface area contributed by atoms with Gasteiger partial charge in [-0.2, -0.15) is 0 Å². The molecule has 1 N–H and O–H groups in total. The number of benzene rings is 4. The van der Waals surface area contributed by atoms with Crippen molar-refractivity contribution in [3.05, 3.63) is 119 Å². The number of likely N-dealkylation sites (tertiary alicyclic amines) is 2. The maximum Gasteiger partial charge on any atom is 0.306 e. The Hall–Kier alpha value is -4.86. The van der Waals surface area contributed by atoms with E-state index in [1.165, 1.54) is 24.0 Å². The number of fused-ring (bicyclic) bond motifs is 1. The first kappa shape index (κ1) is 41.8. The normalized spacial score (nSPS) is 18.2. The fourth-order valence-corrected chi connectivity index (χ4v) is 8.90. The smallest absolute Gasteiger partial charge is 0.306 e. The van der Waals surface area contributed by atoms with Crippen molar-refractivity contribution in [1.29, 1.82) is 0 Å². The van der Waals surface area contributed by atoms with Crippen LogP contribution in [0.2, 0.25) is 0 Å². The van der Waals surface area contributed by atoms with Crippen molar-refractivity contribution >= 4 is 11.8 Å². The molecule has 2 atom stereocenters. The number of rotatable bonds is 15. The molecule has 2 saturated heterocycles.